The molecule has 0 N–H and O–H groups in total. The summed E-state index contributed by atoms with van der Waals surface area (Å²) < 4.78 is 39.4. The summed E-state index contributed by atoms with van der Waals surface area (Å²) in [6, 6.07) is 9.16. The van der Waals surface area contributed by atoms with Gasteiger partial charge in [-0.3, -0.25) is 19.9 Å². The number of nitro groups is 1. The van der Waals surface area contributed by atoms with E-state index >= 15 is 0 Å². The van der Waals surface area contributed by atoms with Crippen LogP contribution in [0.15, 0.2) is 48.7 Å². The summed E-state index contributed by atoms with van der Waals surface area (Å²) in [5.41, 5.74) is -1.16. The summed E-state index contributed by atoms with van der Waals surface area (Å²) in [4.78, 5) is 26.2. The predicted octanol–water partition coefficient (Wildman–Crippen LogP) is 3.73. The molecule has 5 nitrogen and oxygen atoms in total. The van der Waals surface area contributed by atoms with Crippen molar-refractivity contribution >= 4 is 5.78 Å². The van der Waals surface area contributed by atoms with Crippen LogP contribution in [0, 0.1) is 10.1 Å². The minimum Gasteiger partial charge on any atom is -0.292 e. The Bertz CT molecular complexity index is 733. The monoisotopic (exact) mass is 338 g/mol. The summed E-state index contributed by atoms with van der Waals surface area (Å²) in [6.45, 7) is -0.772. The Morgan fingerprint density at radius 2 is 1.83 bits per heavy atom. The lowest BCUT2D eigenvalue weighted by molar-refractivity contribution is -0.483. The third kappa shape index (κ3) is 4.37. The van der Waals surface area contributed by atoms with Gasteiger partial charge in [0.2, 0.25) is 6.54 Å². The average Bonchev–Trinajstić information content (AvgIpc) is 2.54. The van der Waals surface area contributed by atoms with E-state index in [9.17, 15) is 28.1 Å². The Morgan fingerprint density at radius 3 is 2.42 bits per heavy atom. The number of aromatic nitrogens is 1. The quantitative estimate of drug-likeness (QED) is 0.457. The van der Waals surface area contributed by atoms with E-state index < -0.39 is 41.3 Å². The fourth-order valence-corrected chi connectivity index (χ4v) is 2.42. The number of nitrogens with zero attached hydrogens (tertiary/aromatic N) is 2. The van der Waals surface area contributed by atoms with E-state index in [2.05, 4.69) is 4.98 Å². The van der Waals surface area contributed by atoms with Crippen LogP contribution in [0.5, 0.6) is 0 Å². The second-order valence-corrected chi connectivity index (χ2v) is 5.14. The second-order valence-electron chi connectivity index (χ2n) is 5.14. The van der Waals surface area contributed by atoms with Crippen molar-refractivity contribution < 1.29 is 22.9 Å². The fraction of sp³-hybridized carbons (Fsp3) is 0.250. The molecule has 2 aromatic rings. The highest BCUT2D eigenvalue weighted by Crippen LogP contribution is 2.36. The van der Waals surface area contributed by atoms with Gasteiger partial charge in [0.05, 0.1) is 11.5 Å². The zero-order chi connectivity index (χ0) is 17.7. The molecule has 126 valence electrons. The van der Waals surface area contributed by atoms with Crippen molar-refractivity contribution in [2.45, 2.75) is 18.5 Å². The smallest absolute Gasteiger partial charge is 0.292 e. The van der Waals surface area contributed by atoms with Crippen LogP contribution < -0.4 is 0 Å². The number of hydrogen-bond donors (Lipinski definition) is 0. The molecule has 0 unspecified atom stereocenters. The van der Waals surface area contributed by atoms with Gasteiger partial charge in [-0.25, -0.2) is 0 Å². The Hall–Kier alpha value is -2.77. The molecule has 0 amide bonds. The Balaban J connectivity index is 2.36. The molecular weight excluding hydrogens is 325 g/mol. The molecule has 2 rings (SSSR count). The van der Waals surface area contributed by atoms with E-state index in [0.717, 1.165) is 6.07 Å². The van der Waals surface area contributed by atoms with E-state index in [4.69, 9.17) is 0 Å². The number of halogens is 3. The van der Waals surface area contributed by atoms with Crippen LogP contribution >= 0.6 is 0 Å². The molecule has 0 radical (unpaired) electrons. The van der Waals surface area contributed by atoms with Gasteiger partial charge in [0, 0.05) is 17.5 Å². The van der Waals surface area contributed by atoms with Crippen LogP contribution in [-0.4, -0.2) is 22.2 Å². The largest absolute Gasteiger partial charge is 0.416 e. The van der Waals surface area contributed by atoms with E-state index in [1.807, 2.05) is 0 Å². The van der Waals surface area contributed by atoms with Crippen LogP contribution in [0.3, 0.4) is 0 Å². The van der Waals surface area contributed by atoms with E-state index in [1.54, 1.807) is 12.1 Å². The summed E-state index contributed by atoms with van der Waals surface area (Å²) in [5.74, 6) is -1.73. The lowest BCUT2D eigenvalue weighted by Gasteiger charge is -2.18. The molecular formula is C16H13F3N2O3. The molecule has 8 heteroatoms. The molecule has 0 saturated carbocycles. The topological polar surface area (TPSA) is 73.1 Å². The van der Waals surface area contributed by atoms with Gasteiger partial charge in [-0.05, 0) is 23.8 Å². The first kappa shape index (κ1) is 17.6. The first-order valence-electron chi connectivity index (χ1n) is 7.01. The van der Waals surface area contributed by atoms with Gasteiger partial charge < -0.3 is 0 Å². The third-order valence-corrected chi connectivity index (χ3v) is 3.46. The number of benzene rings is 1. The molecule has 1 heterocycles. The normalized spacial score (nSPS) is 12.6. The number of rotatable bonds is 6. The van der Waals surface area contributed by atoms with Crippen molar-refractivity contribution in [1.82, 2.24) is 4.98 Å². The standard InChI is InChI=1S/C16H13F3N2O3/c17-16(18,19)13-6-2-1-5-12(13)11(10-21(23)24)9-15(22)14-7-3-4-8-20-14/h1-8,11H,9-10H2/t11-/m1/s1. The molecule has 0 spiro atoms. The molecule has 0 aliphatic rings. The third-order valence-electron chi connectivity index (χ3n) is 3.46. The molecule has 24 heavy (non-hydrogen) atoms. The van der Waals surface area contributed by atoms with Gasteiger partial charge in [-0.2, -0.15) is 13.2 Å². The van der Waals surface area contributed by atoms with Crippen LogP contribution in [0.2, 0.25) is 0 Å². The minimum absolute atomic E-state index is 0.0651. The SMILES string of the molecule is O=C(C[C@H](C[N+](=O)[O-])c1ccccc1C(F)(F)F)c1ccccn1. The second kappa shape index (κ2) is 7.20. The highest BCUT2D eigenvalue weighted by molar-refractivity contribution is 5.94. The maximum atomic E-state index is 13.1. The van der Waals surface area contributed by atoms with Crippen molar-refractivity contribution in [3.8, 4) is 0 Å². The molecule has 0 saturated heterocycles. The maximum Gasteiger partial charge on any atom is 0.416 e. The van der Waals surface area contributed by atoms with Crippen molar-refractivity contribution in [2.24, 2.45) is 0 Å². The molecule has 0 bridgehead atoms. The number of hydrogen-bond acceptors (Lipinski definition) is 4. The van der Waals surface area contributed by atoms with Gasteiger partial charge in [0.1, 0.15) is 5.69 Å². The molecule has 0 fully saturated rings. The molecule has 1 atom stereocenters. The highest BCUT2D eigenvalue weighted by Gasteiger charge is 2.36. The van der Waals surface area contributed by atoms with E-state index in [0.29, 0.717) is 0 Å². The summed E-state index contributed by atoms with van der Waals surface area (Å²) in [6.07, 6.45) is -3.70. The van der Waals surface area contributed by atoms with Crippen molar-refractivity contribution in [3.63, 3.8) is 0 Å². The molecule has 1 aromatic carbocycles. The van der Waals surface area contributed by atoms with Gasteiger partial charge in [0.25, 0.3) is 0 Å². The number of Topliss-reactive ketones (excluding diaryl/α,β-unsaturated/α-hetero) is 1. The number of pyridine rings is 1. The Morgan fingerprint density at radius 1 is 1.17 bits per heavy atom. The molecule has 1 aromatic heterocycles. The summed E-state index contributed by atoms with van der Waals surface area (Å²) in [7, 11) is 0. The lowest BCUT2D eigenvalue weighted by Crippen LogP contribution is -2.21. The van der Waals surface area contributed by atoms with E-state index in [1.165, 1.54) is 30.5 Å². The number of ketones is 1. The van der Waals surface area contributed by atoms with Gasteiger partial charge in [-0.1, -0.05) is 24.3 Å². The molecule has 0 aliphatic heterocycles. The van der Waals surface area contributed by atoms with E-state index in [-0.39, 0.29) is 11.3 Å². The highest BCUT2D eigenvalue weighted by atomic mass is 19.4. The van der Waals surface area contributed by atoms with Crippen LogP contribution in [0.25, 0.3) is 0 Å². The summed E-state index contributed by atoms with van der Waals surface area (Å²) >= 11 is 0. The van der Waals surface area contributed by atoms with Gasteiger partial charge in [0.15, 0.2) is 5.78 Å². The van der Waals surface area contributed by atoms with Crippen LogP contribution in [0.1, 0.15) is 34.0 Å². The van der Waals surface area contributed by atoms with Crippen LogP contribution in [0.4, 0.5) is 13.2 Å². The zero-order valence-electron chi connectivity index (χ0n) is 12.4. The van der Waals surface area contributed by atoms with Gasteiger partial charge >= 0.3 is 6.18 Å². The van der Waals surface area contributed by atoms with Gasteiger partial charge in [-0.15, -0.1) is 0 Å². The minimum atomic E-state index is -4.65. The first-order valence-corrected chi connectivity index (χ1v) is 7.01. The maximum absolute atomic E-state index is 13.1. The Labute approximate surface area is 135 Å². The van der Waals surface area contributed by atoms with Crippen molar-refractivity contribution in [3.05, 3.63) is 75.6 Å². The lowest BCUT2D eigenvalue weighted by atomic mass is 9.89. The molecule has 0 aliphatic carbocycles. The number of carbonyl (C=O) groups is 1. The average molecular weight is 338 g/mol. The summed E-state index contributed by atoms with van der Waals surface area (Å²) in [5, 5.41) is 10.9. The van der Waals surface area contributed by atoms with Crippen LogP contribution in [-0.2, 0) is 6.18 Å². The first-order chi connectivity index (χ1) is 11.3. The fourth-order valence-electron chi connectivity index (χ4n) is 2.42. The zero-order valence-corrected chi connectivity index (χ0v) is 12.4. The van der Waals surface area contributed by atoms with Crippen molar-refractivity contribution in [2.75, 3.05) is 6.54 Å². The van der Waals surface area contributed by atoms with Crippen molar-refractivity contribution in [1.29, 1.82) is 0 Å². The predicted molar refractivity (Wildman–Crippen MR) is 79.2 cm³/mol. The Kier molecular flexibility index (Phi) is 5.28. The number of carbonyl (C=O) groups excluding carboxylic acids is 1. The number of alkyl halides is 3.